The second kappa shape index (κ2) is 10.9. The third-order valence-corrected chi connectivity index (χ3v) is 6.33. The van der Waals surface area contributed by atoms with Crippen LogP contribution in [0.25, 0.3) is 0 Å². The van der Waals surface area contributed by atoms with Crippen LogP contribution in [0.15, 0.2) is 11.2 Å². The molecule has 1 saturated heterocycles. The molecule has 0 saturated carbocycles. The molecule has 0 unspecified atom stereocenters. The van der Waals surface area contributed by atoms with Crippen molar-refractivity contribution in [3.8, 4) is 0 Å². The molecule has 0 spiro atoms. The van der Waals surface area contributed by atoms with Crippen LogP contribution < -0.4 is 4.90 Å². The Balaban J connectivity index is 0.00000341. The van der Waals surface area contributed by atoms with Gasteiger partial charge in [0.25, 0.3) is 6.43 Å². The van der Waals surface area contributed by atoms with E-state index in [4.69, 9.17) is 0 Å². The molecule has 31 heavy (non-hydrogen) atoms. The number of aryl methyl sites for hydroxylation is 1. The van der Waals surface area contributed by atoms with Crippen molar-refractivity contribution in [2.75, 3.05) is 43.4 Å². The summed E-state index contributed by atoms with van der Waals surface area (Å²) >= 11 is 1.73. The fraction of sp³-hybridized carbons (Fsp3) is 0.700. The summed E-state index contributed by atoms with van der Waals surface area (Å²) in [6, 6.07) is 1.44. The minimum atomic E-state index is -2.59. The first kappa shape index (κ1) is 25.7. The first-order chi connectivity index (χ1) is 14.1. The molecule has 1 fully saturated rings. The van der Waals surface area contributed by atoms with Crippen molar-refractivity contribution in [1.29, 1.82) is 0 Å². The fourth-order valence-corrected chi connectivity index (χ4v) is 4.11. The topological polar surface area (TPSA) is 63.0 Å². The zero-order chi connectivity index (χ0) is 21.9. The molecule has 0 bridgehead atoms. The standard InChI is InChI=1S/C20H31F2N7S.ClH/c1-14-25-26-19(27(14)5)30-12-6-7-28-8-10-29(11-9-28)16-13-15(17(21)22)23-18(24-16)20(2,3)4;/h13,17H,6-12H2,1-5H3;1H. The molecule has 1 aliphatic rings. The number of aromatic nitrogens is 5. The lowest BCUT2D eigenvalue weighted by molar-refractivity contribution is 0.145. The molecular formula is C20H32ClF2N7S. The lowest BCUT2D eigenvalue weighted by Gasteiger charge is -2.36. The number of hydrogen-bond acceptors (Lipinski definition) is 7. The van der Waals surface area contributed by atoms with E-state index in [9.17, 15) is 8.78 Å². The second-order valence-electron chi connectivity index (χ2n) is 8.64. The lowest BCUT2D eigenvalue weighted by Crippen LogP contribution is -2.47. The molecule has 7 nitrogen and oxygen atoms in total. The van der Waals surface area contributed by atoms with Crippen molar-refractivity contribution in [2.45, 2.75) is 51.1 Å². The van der Waals surface area contributed by atoms with E-state index < -0.39 is 6.43 Å². The predicted molar refractivity (Wildman–Crippen MR) is 123 cm³/mol. The highest BCUT2D eigenvalue weighted by molar-refractivity contribution is 7.99. The van der Waals surface area contributed by atoms with Gasteiger partial charge in [-0.3, -0.25) is 4.90 Å². The molecule has 0 amide bonds. The maximum Gasteiger partial charge on any atom is 0.280 e. The van der Waals surface area contributed by atoms with E-state index in [0.717, 1.165) is 55.9 Å². The minimum Gasteiger partial charge on any atom is -0.354 e. The number of anilines is 1. The van der Waals surface area contributed by atoms with Crippen molar-refractivity contribution in [3.05, 3.63) is 23.4 Å². The van der Waals surface area contributed by atoms with Gasteiger partial charge in [-0.25, -0.2) is 18.7 Å². The second-order valence-corrected chi connectivity index (χ2v) is 9.71. The maximum absolute atomic E-state index is 13.3. The highest BCUT2D eigenvalue weighted by Gasteiger charge is 2.25. The number of nitrogens with zero attached hydrogens (tertiary/aromatic N) is 7. The summed E-state index contributed by atoms with van der Waals surface area (Å²) in [5.41, 5.74) is -0.566. The average Bonchev–Trinajstić information content (AvgIpc) is 3.03. The number of hydrogen-bond donors (Lipinski definition) is 0. The van der Waals surface area contributed by atoms with Crippen molar-refractivity contribution in [1.82, 2.24) is 29.6 Å². The van der Waals surface area contributed by atoms with Crippen LogP contribution >= 0.6 is 24.2 Å². The van der Waals surface area contributed by atoms with Gasteiger partial charge in [-0.2, -0.15) is 0 Å². The van der Waals surface area contributed by atoms with Gasteiger partial charge >= 0.3 is 0 Å². The monoisotopic (exact) mass is 475 g/mol. The quantitative estimate of drug-likeness (QED) is 0.445. The van der Waals surface area contributed by atoms with Crippen LogP contribution in [0.2, 0.25) is 0 Å². The molecule has 0 aromatic carbocycles. The number of piperazine rings is 1. The van der Waals surface area contributed by atoms with Crippen LogP contribution in [0, 0.1) is 6.92 Å². The van der Waals surface area contributed by atoms with E-state index in [1.807, 2.05) is 39.3 Å². The summed E-state index contributed by atoms with van der Waals surface area (Å²) < 4.78 is 28.7. The van der Waals surface area contributed by atoms with Gasteiger partial charge in [0.2, 0.25) is 0 Å². The van der Waals surface area contributed by atoms with Gasteiger partial charge in [0.15, 0.2) is 5.16 Å². The summed E-state index contributed by atoms with van der Waals surface area (Å²) in [6.07, 6.45) is -1.53. The zero-order valence-electron chi connectivity index (χ0n) is 18.8. The van der Waals surface area contributed by atoms with Crippen molar-refractivity contribution >= 4 is 30.0 Å². The van der Waals surface area contributed by atoms with Crippen molar-refractivity contribution < 1.29 is 8.78 Å². The van der Waals surface area contributed by atoms with Crippen LogP contribution in [0.4, 0.5) is 14.6 Å². The van der Waals surface area contributed by atoms with Crippen LogP contribution in [0.3, 0.4) is 0 Å². The molecule has 2 aromatic rings. The molecule has 1 aliphatic heterocycles. The normalized spacial score (nSPS) is 15.4. The van der Waals surface area contributed by atoms with Crippen LogP contribution in [-0.2, 0) is 12.5 Å². The van der Waals surface area contributed by atoms with Gasteiger partial charge in [-0.05, 0) is 19.9 Å². The molecule has 3 rings (SSSR count). The molecule has 0 radical (unpaired) electrons. The van der Waals surface area contributed by atoms with E-state index in [-0.39, 0.29) is 23.5 Å². The van der Waals surface area contributed by atoms with Gasteiger partial charge < -0.3 is 9.47 Å². The Labute approximate surface area is 193 Å². The molecular weight excluding hydrogens is 444 g/mol. The Morgan fingerprint density at radius 3 is 2.32 bits per heavy atom. The Kier molecular flexibility index (Phi) is 9.03. The highest BCUT2D eigenvalue weighted by Crippen LogP contribution is 2.27. The third kappa shape index (κ3) is 6.73. The molecule has 174 valence electrons. The van der Waals surface area contributed by atoms with Gasteiger partial charge in [0.1, 0.15) is 23.2 Å². The Bertz CT molecular complexity index is 849. The van der Waals surface area contributed by atoms with Crippen molar-refractivity contribution in [3.63, 3.8) is 0 Å². The Morgan fingerprint density at radius 2 is 1.77 bits per heavy atom. The van der Waals surface area contributed by atoms with Gasteiger partial charge in [0, 0.05) is 50.5 Å². The average molecular weight is 476 g/mol. The van der Waals surface area contributed by atoms with E-state index in [1.54, 1.807) is 11.8 Å². The molecule has 0 aliphatic carbocycles. The Morgan fingerprint density at radius 1 is 1.10 bits per heavy atom. The number of rotatable bonds is 7. The lowest BCUT2D eigenvalue weighted by atomic mass is 9.95. The minimum absolute atomic E-state index is 0. The zero-order valence-corrected chi connectivity index (χ0v) is 20.4. The van der Waals surface area contributed by atoms with E-state index in [0.29, 0.717) is 11.6 Å². The van der Waals surface area contributed by atoms with Crippen LogP contribution in [-0.4, -0.2) is 68.1 Å². The highest BCUT2D eigenvalue weighted by atomic mass is 35.5. The first-order valence-corrected chi connectivity index (χ1v) is 11.3. The SMILES string of the molecule is Cc1nnc(SCCCN2CCN(c3cc(C(F)F)nc(C(C)(C)C)n3)CC2)n1C.Cl. The molecule has 3 heterocycles. The van der Waals surface area contributed by atoms with Gasteiger partial charge in [-0.15, -0.1) is 22.6 Å². The van der Waals surface area contributed by atoms with E-state index in [1.165, 1.54) is 6.07 Å². The van der Waals surface area contributed by atoms with Crippen LogP contribution in [0.5, 0.6) is 0 Å². The molecule has 0 N–H and O–H groups in total. The van der Waals surface area contributed by atoms with Gasteiger partial charge in [0.05, 0.1) is 0 Å². The number of alkyl halides is 2. The molecule has 0 atom stereocenters. The maximum atomic E-state index is 13.3. The fourth-order valence-electron chi connectivity index (χ4n) is 3.23. The predicted octanol–water partition coefficient (Wildman–Crippen LogP) is 3.87. The number of thioether (sulfide) groups is 1. The van der Waals surface area contributed by atoms with Crippen LogP contribution in [0.1, 0.15) is 51.0 Å². The number of halogens is 3. The molecule has 11 heteroatoms. The van der Waals surface area contributed by atoms with Gasteiger partial charge in [-0.1, -0.05) is 32.5 Å². The summed E-state index contributed by atoms with van der Waals surface area (Å²) in [7, 11) is 1.98. The van der Waals surface area contributed by atoms with E-state index in [2.05, 4.69) is 30.0 Å². The first-order valence-electron chi connectivity index (χ1n) is 10.3. The largest absolute Gasteiger partial charge is 0.354 e. The summed E-state index contributed by atoms with van der Waals surface area (Å²) in [5.74, 6) is 2.99. The molecule has 2 aromatic heterocycles. The van der Waals surface area contributed by atoms with E-state index >= 15 is 0 Å². The van der Waals surface area contributed by atoms with Crippen molar-refractivity contribution in [2.24, 2.45) is 7.05 Å². The third-order valence-electron chi connectivity index (χ3n) is 5.23. The summed E-state index contributed by atoms with van der Waals surface area (Å²) in [5, 5.41) is 9.21. The Hall–Kier alpha value is -1.52. The summed E-state index contributed by atoms with van der Waals surface area (Å²) in [4.78, 5) is 13.2. The smallest absolute Gasteiger partial charge is 0.280 e. The summed E-state index contributed by atoms with van der Waals surface area (Å²) in [6.45, 7) is 12.1.